The number of rotatable bonds is 8. The van der Waals surface area contributed by atoms with Gasteiger partial charge < -0.3 is 10.2 Å². The van der Waals surface area contributed by atoms with Gasteiger partial charge in [-0.2, -0.15) is 0 Å². The Morgan fingerprint density at radius 2 is 2.05 bits per heavy atom. The maximum atomic E-state index is 13.5. The van der Waals surface area contributed by atoms with Crippen molar-refractivity contribution in [3.8, 4) is 0 Å². The third-order valence-corrected chi connectivity index (χ3v) is 3.11. The topological polar surface area (TPSA) is 49.4 Å². The predicted molar refractivity (Wildman–Crippen MR) is 80.2 cm³/mol. The van der Waals surface area contributed by atoms with E-state index in [4.69, 9.17) is 0 Å². The van der Waals surface area contributed by atoms with E-state index in [2.05, 4.69) is 11.9 Å². The van der Waals surface area contributed by atoms with Crippen molar-refractivity contribution >= 4 is 11.8 Å². The van der Waals surface area contributed by atoms with Gasteiger partial charge in [0.15, 0.2) is 0 Å². The number of carbonyl (C=O) groups excluding carboxylic acids is 2. The molecule has 0 atom stereocenters. The van der Waals surface area contributed by atoms with Crippen LogP contribution in [0.4, 0.5) is 4.39 Å². The summed E-state index contributed by atoms with van der Waals surface area (Å²) in [6, 6.07) is 6.49. The van der Waals surface area contributed by atoms with Crippen LogP contribution in [0.1, 0.15) is 18.9 Å². The monoisotopic (exact) mass is 292 g/mol. The van der Waals surface area contributed by atoms with Gasteiger partial charge in [0.05, 0.1) is 0 Å². The highest BCUT2D eigenvalue weighted by molar-refractivity contribution is 5.78. The number of hydrogen-bond acceptors (Lipinski definition) is 2. The Kier molecular flexibility index (Phi) is 7.15. The minimum absolute atomic E-state index is 0.122. The molecule has 0 aliphatic carbocycles. The van der Waals surface area contributed by atoms with E-state index in [-0.39, 0.29) is 24.1 Å². The van der Waals surface area contributed by atoms with Crippen LogP contribution in [0.15, 0.2) is 36.9 Å². The van der Waals surface area contributed by atoms with E-state index in [0.717, 1.165) is 0 Å². The quantitative estimate of drug-likeness (QED) is 0.744. The molecule has 0 aromatic heterocycles. The smallest absolute Gasteiger partial charge is 0.222 e. The maximum absolute atomic E-state index is 13.5. The van der Waals surface area contributed by atoms with Crippen LogP contribution in [0.3, 0.4) is 0 Å². The van der Waals surface area contributed by atoms with Gasteiger partial charge in [0.1, 0.15) is 5.82 Å². The number of halogens is 1. The Balaban J connectivity index is 2.47. The van der Waals surface area contributed by atoms with Gasteiger partial charge in [-0.15, -0.1) is 6.58 Å². The van der Waals surface area contributed by atoms with Crippen LogP contribution in [0.5, 0.6) is 0 Å². The second-order valence-corrected chi connectivity index (χ2v) is 4.69. The second-order valence-electron chi connectivity index (χ2n) is 4.69. The van der Waals surface area contributed by atoms with Crippen molar-refractivity contribution in [3.05, 3.63) is 48.3 Å². The van der Waals surface area contributed by atoms with Gasteiger partial charge in [-0.1, -0.05) is 24.3 Å². The zero-order chi connectivity index (χ0) is 15.7. The van der Waals surface area contributed by atoms with Crippen LogP contribution >= 0.6 is 0 Å². The minimum Gasteiger partial charge on any atom is -0.353 e. The van der Waals surface area contributed by atoms with E-state index < -0.39 is 0 Å². The molecule has 0 saturated carbocycles. The van der Waals surface area contributed by atoms with Gasteiger partial charge in [0.2, 0.25) is 11.8 Å². The Morgan fingerprint density at radius 1 is 1.33 bits per heavy atom. The van der Waals surface area contributed by atoms with Crippen LogP contribution in [-0.2, 0) is 16.0 Å². The van der Waals surface area contributed by atoms with Crippen molar-refractivity contribution < 1.29 is 14.0 Å². The molecular weight excluding hydrogens is 271 g/mol. The van der Waals surface area contributed by atoms with E-state index in [0.29, 0.717) is 31.6 Å². The molecule has 0 unspecified atom stereocenters. The lowest BCUT2D eigenvalue weighted by Gasteiger charge is -2.21. The first kappa shape index (κ1) is 16.9. The minimum atomic E-state index is -0.273. The number of carbonyl (C=O) groups is 2. The summed E-state index contributed by atoms with van der Waals surface area (Å²) in [5.41, 5.74) is 0.569. The molecular formula is C16H21FN2O2. The molecule has 0 saturated heterocycles. The van der Waals surface area contributed by atoms with E-state index in [9.17, 15) is 14.0 Å². The molecule has 2 amide bonds. The highest BCUT2D eigenvalue weighted by Crippen LogP contribution is 2.08. The Morgan fingerprint density at radius 3 is 2.67 bits per heavy atom. The summed E-state index contributed by atoms with van der Waals surface area (Å²) >= 11 is 0. The molecule has 0 aliphatic rings. The summed E-state index contributed by atoms with van der Waals surface area (Å²) in [6.07, 6.45) is 2.25. The van der Waals surface area contributed by atoms with Gasteiger partial charge in [0.25, 0.3) is 0 Å². The second kappa shape index (κ2) is 8.89. The van der Waals surface area contributed by atoms with Crippen LogP contribution in [0.25, 0.3) is 0 Å². The molecule has 0 radical (unpaired) electrons. The first-order valence-corrected chi connectivity index (χ1v) is 6.91. The molecule has 1 rings (SSSR count). The van der Waals surface area contributed by atoms with E-state index in [1.165, 1.54) is 13.0 Å². The molecule has 0 bridgehead atoms. The fraction of sp³-hybridized carbons (Fsp3) is 0.375. The normalized spacial score (nSPS) is 10.0. The lowest BCUT2D eigenvalue weighted by atomic mass is 10.1. The van der Waals surface area contributed by atoms with E-state index in [1.807, 2.05) is 0 Å². The van der Waals surface area contributed by atoms with Crippen molar-refractivity contribution in [1.82, 2.24) is 10.2 Å². The number of benzene rings is 1. The van der Waals surface area contributed by atoms with Crippen LogP contribution < -0.4 is 5.32 Å². The van der Waals surface area contributed by atoms with Crippen LogP contribution in [-0.4, -0.2) is 36.3 Å². The Bertz CT molecular complexity index is 503. The van der Waals surface area contributed by atoms with Gasteiger partial charge in [0, 0.05) is 33.0 Å². The lowest BCUT2D eigenvalue weighted by Crippen LogP contribution is -2.35. The van der Waals surface area contributed by atoms with E-state index in [1.54, 1.807) is 29.2 Å². The van der Waals surface area contributed by atoms with Crippen molar-refractivity contribution in [3.63, 3.8) is 0 Å². The summed E-state index contributed by atoms with van der Waals surface area (Å²) in [6.45, 7) is 6.09. The third-order valence-electron chi connectivity index (χ3n) is 3.11. The SMILES string of the molecule is C=CCNC(=O)CCN(CCc1ccccc1F)C(C)=O. The van der Waals surface area contributed by atoms with Gasteiger partial charge in [-0.25, -0.2) is 4.39 Å². The predicted octanol–water partition coefficient (Wildman–Crippen LogP) is 1.91. The van der Waals surface area contributed by atoms with E-state index >= 15 is 0 Å². The first-order valence-electron chi connectivity index (χ1n) is 6.91. The summed E-state index contributed by atoms with van der Waals surface area (Å²) in [5, 5.41) is 2.65. The Labute approximate surface area is 124 Å². The average Bonchev–Trinajstić information content (AvgIpc) is 2.46. The zero-order valence-corrected chi connectivity index (χ0v) is 12.3. The zero-order valence-electron chi connectivity index (χ0n) is 12.3. The molecule has 5 heteroatoms. The van der Waals surface area contributed by atoms with Crippen molar-refractivity contribution in [1.29, 1.82) is 0 Å². The standard InChI is InChI=1S/C16H21FN2O2/c1-3-10-18-16(21)9-12-19(13(2)20)11-8-14-6-4-5-7-15(14)17/h3-7H,1,8-12H2,2H3,(H,18,21). The first-order chi connectivity index (χ1) is 10.0. The molecule has 4 nitrogen and oxygen atoms in total. The molecule has 1 aromatic rings. The summed E-state index contributed by atoms with van der Waals surface area (Å²) in [5.74, 6) is -0.528. The highest BCUT2D eigenvalue weighted by atomic mass is 19.1. The number of nitrogens with one attached hydrogen (secondary N) is 1. The third kappa shape index (κ3) is 6.21. The van der Waals surface area contributed by atoms with Crippen LogP contribution in [0.2, 0.25) is 0 Å². The van der Waals surface area contributed by atoms with Crippen molar-refractivity contribution in [2.24, 2.45) is 0 Å². The lowest BCUT2D eigenvalue weighted by molar-refractivity contribution is -0.129. The summed E-state index contributed by atoms with van der Waals surface area (Å²) in [7, 11) is 0. The molecule has 0 fully saturated rings. The van der Waals surface area contributed by atoms with Crippen molar-refractivity contribution in [2.75, 3.05) is 19.6 Å². The van der Waals surface area contributed by atoms with Crippen LogP contribution in [0, 0.1) is 5.82 Å². The molecule has 0 aliphatic heterocycles. The molecule has 1 aromatic carbocycles. The molecule has 0 spiro atoms. The largest absolute Gasteiger partial charge is 0.353 e. The average molecular weight is 292 g/mol. The van der Waals surface area contributed by atoms with Gasteiger partial charge >= 0.3 is 0 Å². The highest BCUT2D eigenvalue weighted by Gasteiger charge is 2.12. The Hall–Kier alpha value is -2.17. The van der Waals surface area contributed by atoms with Gasteiger partial charge in [-0.3, -0.25) is 9.59 Å². The summed E-state index contributed by atoms with van der Waals surface area (Å²) < 4.78 is 13.5. The number of hydrogen-bond donors (Lipinski definition) is 1. The van der Waals surface area contributed by atoms with Gasteiger partial charge in [-0.05, 0) is 18.1 Å². The molecule has 21 heavy (non-hydrogen) atoms. The fourth-order valence-corrected chi connectivity index (χ4v) is 1.89. The maximum Gasteiger partial charge on any atom is 0.222 e. The molecule has 114 valence electrons. The fourth-order valence-electron chi connectivity index (χ4n) is 1.89. The number of nitrogens with zero attached hydrogens (tertiary/aromatic N) is 1. The van der Waals surface area contributed by atoms with Crippen molar-refractivity contribution in [2.45, 2.75) is 19.8 Å². The summed E-state index contributed by atoms with van der Waals surface area (Å²) in [4.78, 5) is 24.6. The molecule has 0 heterocycles. The molecule has 1 N–H and O–H groups in total. The number of amides is 2.